The Labute approximate surface area is 106 Å². The molecule has 0 radical (unpaired) electrons. The summed E-state index contributed by atoms with van der Waals surface area (Å²) in [5.74, 6) is 3.62. The molecule has 0 saturated heterocycles. The summed E-state index contributed by atoms with van der Waals surface area (Å²) in [6.45, 7) is 0. The molecule has 17 heavy (non-hydrogen) atoms. The Morgan fingerprint density at radius 1 is 1.06 bits per heavy atom. The Hall–Kier alpha value is -0.840. The average molecular weight is 250 g/mol. The van der Waals surface area contributed by atoms with E-state index in [1.54, 1.807) is 0 Å². The van der Waals surface area contributed by atoms with Gasteiger partial charge in [0.15, 0.2) is 0 Å². The second-order valence-corrected chi connectivity index (χ2v) is 6.25. The number of nitrogen functional groups attached to an aromatic ring is 1. The highest BCUT2D eigenvalue weighted by molar-refractivity contribution is 7.99. The van der Waals surface area contributed by atoms with Gasteiger partial charge in [-0.2, -0.15) is 21.7 Å². The number of anilines is 1. The predicted molar refractivity (Wildman–Crippen MR) is 69.8 cm³/mol. The van der Waals surface area contributed by atoms with Gasteiger partial charge in [-0.3, -0.25) is 0 Å². The van der Waals surface area contributed by atoms with Crippen molar-refractivity contribution in [3.63, 3.8) is 0 Å². The molecule has 92 valence electrons. The summed E-state index contributed by atoms with van der Waals surface area (Å²) >= 11 is 1.98. The van der Waals surface area contributed by atoms with E-state index in [0.29, 0.717) is 11.9 Å². The first-order valence-electron chi connectivity index (χ1n) is 6.43. The fourth-order valence-corrected chi connectivity index (χ4v) is 3.47. The number of aromatic nitrogens is 3. The minimum atomic E-state index is 0.393. The maximum absolute atomic E-state index is 5.74. The summed E-state index contributed by atoms with van der Waals surface area (Å²) < 4.78 is 0. The van der Waals surface area contributed by atoms with Crippen molar-refractivity contribution < 1.29 is 0 Å². The third kappa shape index (κ3) is 2.89. The van der Waals surface area contributed by atoms with E-state index in [4.69, 9.17) is 5.73 Å². The summed E-state index contributed by atoms with van der Waals surface area (Å²) in [5, 5.41) is 0.803. The number of nitrogens with two attached hydrogens (primary N) is 1. The molecular formula is C12H18N4S. The molecule has 0 aliphatic heterocycles. The molecule has 0 spiro atoms. The van der Waals surface area contributed by atoms with Crippen molar-refractivity contribution in [1.29, 1.82) is 0 Å². The van der Waals surface area contributed by atoms with Crippen LogP contribution in [-0.2, 0) is 5.75 Å². The maximum atomic E-state index is 5.74. The van der Waals surface area contributed by atoms with Crippen LogP contribution >= 0.6 is 11.8 Å². The van der Waals surface area contributed by atoms with Gasteiger partial charge in [0.1, 0.15) is 11.6 Å². The van der Waals surface area contributed by atoms with Crippen LogP contribution in [0.25, 0.3) is 0 Å². The Bertz CT molecular complexity index is 399. The number of hydrogen-bond acceptors (Lipinski definition) is 5. The molecule has 0 amide bonds. The van der Waals surface area contributed by atoms with Crippen LogP contribution in [0.1, 0.15) is 56.1 Å². The van der Waals surface area contributed by atoms with E-state index in [1.165, 1.54) is 38.5 Å². The molecule has 1 heterocycles. The van der Waals surface area contributed by atoms with Crippen molar-refractivity contribution in [2.24, 2.45) is 0 Å². The van der Waals surface area contributed by atoms with E-state index < -0.39 is 0 Å². The zero-order valence-electron chi connectivity index (χ0n) is 9.93. The highest BCUT2D eigenvalue weighted by atomic mass is 32.2. The van der Waals surface area contributed by atoms with Gasteiger partial charge in [0, 0.05) is 11.2 Å². The van der Waals surface area contributed by atoms with E-state index in [-0.39, 0.29) is 0 Å². The highest BCUT2D eigenvalue weighted by Gasteiger charge is 2.27. The molecule has 2 saturated carbocycles. The first-order valence-corrected chi connectivity index (χ1v) is 7.48. The first-order chi connectivity index (χ1) is 8.31. The minimum absolute atomic E-state index is 0.393. The fourth-order valence-electron chi connectivity index (χ4n) is 2.29. The summed E-state index contributed by atoms with van der Waals surface area (Å²) in [4.78, 5) is 13.0. The molecule has 4 nitrogen and oxygen atoms in total. The van der Waals surface area contributed by atoms with Crippen LogP contribution in [0, 0.1) is 0 Å². The monoisotopic (exact) mass is 250 g/mol. The molecule has 2 aliphatic rings. The minimum Gasteiger partial charge on any atom is -0.368 e. The first kappa shape index (κ1) is 11.3. The quantitative estimate of drug-likeness (QED) is 0.889. The van der Waals surface area contributed by atoms with Crippen molar-refractivity contribution in [2.45, 2.75) is 55.4 Å². The van der Waals surface area contributed by atoms with Gasteiger partial charge in [0.2, 0.25) is 5.95 Å². The zero-order chi connectivity index (χ0) is 11.7. The highest BCUT2D eigenvalue weighted by Crippen LogP contribution is 2.38. The molecular weight excluding hydrogens is 232 g/mol. The smallest absolute Gasteiger partial charge is 0.223 e. The normalized spacial score (nSPS) is 20.9. The van der Waals surface area contributed by atoms with Crippen molar-refractivity contribution in [1.82, 2.24) is 15.0 Å². The van der Waals surface area contributed by atoms with E-state index >= 15 is 0 Å². The summed E-state index contributed by atoms with van der Waals surface area (Å²) in [5.41, 5.74) is 5.74. The summed E-state index contributed by atoms with van der Waals surface area (Å²) in [6.07, 6.45) is 7.87. The van der Waals surface area contributed by atoms with Crippen LogP contribution in [0.5, 0.6) is 0 Å². The third-order valence-corrected chi connectivity index (χ3v) is 4.78. The zero-order valence-corrected chi connectivity index (χ0v) is 10.7. The third-order valence-electron chi connectivity index (χ3n) is 3.41. The van der Waals surface area contributed by atoms with Crippen molar-refractivity contribution in [3.05, 3.63) is 11.6 Å². The van der Waals surface area contributed by atoms with Crippen LogP contribution in [0.4, 0.5) is 5.95 Å². The molecule has 1 aromatic rings. The number of thioether (sulfide) groups is 1. The Morgan fingerprint density at radius 3 is 2.53 bits per heavy atom. The topological polar surface area (TPSA) is 64.7 Å². The van der Waals surface area contributed by atoms with E-state index in [2.05, 4.69) is 15.0 Å². The molecule has 5 heteroatoms. The molecule has 1 aromatic heterocycles. The van der Waals surface area contributed by atoms with Gasteiger partial charge in [-0.1, -0.05) is 12.8 Å². The number of hydrogen-bond donors (Lipinski definition) is 1. The summed E-state index contributed by atoms with van der Waals surface area (Å²) in [6, 6.07) is 0. The lowest BCUT2D eigenvalue weighted by molar-refractivity contribution is 0.852. The molecule has 0 atom stereocenters. The molecule has 2 fully saturated rings. The van der Waals surface area contributed by atoms with Gasteiger partial charge in [-0.15, -0.1) is 0 Å². The molecule has 0 unspecified atom stereocenters. The second kappa shape index (κ2) is 4.80. The standard InChI is InChI=1S/C12H18N4S/c13-12-15-10(7-17-9-3-1-2-4-9)14-11(16-12)8-5-6-8/h8-9H,1-7H2,(H2,13,14,15,16). The predicted octanol–water partition coefficient (Wildman–Crippen LogP) is 2.51. The van der Waals surface area contributed by atoms with Gasteiger partial charge < -0.3 is 5.73 Å². The van der Waals surface area contributed by atoms with E-state index in [1.807, 2.05) is 11.8 Å². The maximum Gasteiger partial charge on any atom is 0.223 e. The van der Waals surface area contributed by atoms with E-state index in [0.717, 1.165) is 22.7 Å². The van der Waals surface area contributed by atoms with Crippen LogP contribution in [0.2, 0.25) is 0 Å². The van der Waals surface area contributed by atoms with Gasteiger partial charge >= 0.3 is 0 Å². The van der Waals surface area contributed by atoms with E-state index in [9.17, 15) is 0 Å². The number of rotatable bonds is 4. The van der Waals surface area contributed by atoms with Crippen LogP contribution in [0.15, 0.2) is 0 Å². The van der Waals surface area contributed by atoms with Gasteiger partial charge in [-0.05, 0) is 25.7 Å². The Balaban J connectivity index is 1.64. The fraction of sp³-hybridized carbons (Fsp3) is 0.750. The Kier molecular flexibility index (Phi) is 3.18. The summed E-state index contributed by atoms with van der Waals surface area (Å²) in [7, 11) is 0. The largest absolute Gasteiger partial charge is 0.368 e. The van der Waals surface area contributed by atoms with Crippen molar-refractivity contribution >= 4 is 17.7 Å². The lowest BCUT2D eigenvalue weighted by Gasteiger charge is -2.08. The van der Waals surface area contributed by atoms with Gasteiger partial charge in [0.05, 0.1) is 5.75 Å². The average Bonchev–Trinajstić information content (AvgIpc) is 3.04. The SMILES string of the molecule is Nc1nc(CSC2CCCC2)nc(C2CC2)n1. The van der Waals surface area contributed by atoms with Crippen LogP contribution < -0.4 is 5.73 Å². The van der Waals surface area contributed by atoms with Crippen LogP contribution in [-0.4, -0.2) is 20.2 Å². The lowest BCUT2D eigenvalue weighted by Crippen LogP contribution is -2.07. The molecule has 2 aliphatic carbocycles. The number of nitrogens with zero attached hydrogens (tertiary/aromatic N) is 3. The molecule has 0 aromatic carbocycles. The van der Waals surface area contributed by atoms with Gasteiger partial charge in [-0.25, -0.2) is 4.98 Å². The van der Waals surface area contributed by atoms with Gasteiger partial charge in [0.25, 0.3) is 0 Å². The van der Waals surface area contributed by atoms with Crippen molar-refractivity contribution in [3.8, 4) is 0 Å². The molecule has 3 rings (SSSR count). The van der Waals surface area contributed by atoms with Crippen molar-refractivity contribution in [2.75, 3.05) is 5.73 Å². The second-order valence-electron chi connectivity index (χ2n) is 4.96. The van der Waals surface area contributed by atoms with Crippen LogP contribution in [0.3, 0.4) is 0 Å². The Morgan fingerprint density at radius 2 is 1.82 bits per heavy atom. The molecule has 2 N–H and O–H groups in total. The molecule has 0 bridgehead atoms. The lowest BCUT2D eigenvalue weighted by atomic mass is 10.4.